The average Bonchev–Trinajstić information content (AvgIpc) is 2.96. The Hall–Kier alpha value is -0.560. The van der Waals surface area contributed by atoms with Crippen LogP contribution in [0.4, 0.5) is 0 Å². The third-order valence-electron chi connectivity index (χ3n) is 4.07. The normalized spacial score (nSPS) is 22.8. The van der Waals surface area contributed by atoms with E-state index in [-0.39, 0.29) is 5.91 Å². The van der Waals surface area contributed by atoms with Crippen LogP contribution in [0.1, 0.15) is 16.9 Å². The highest BCUT2D eigenvalue weighted by Gasteiger charge is 2.18. The Morgan fingerprint density at radius 2 is 2.48 bits per heavy atom. The summed E-state index contributed by atoms with van der Waals surface area (Å²) in [6.07, 6.45) is 1.77. The highest BCUT2D eigenvalue weighted by molar-refractivity contribution is 7.99. The molecule has 116 valence electrons. The van der Waals surface area contributed by atoms with Crippen LogP contribution >= 0.6 is 23.1 Å². The number of amides is 1. The number of fused-ring (bicyclic) bond motifs is 1. The lowest BCUT2D eigenvalue weighted by Crippen LogP contribution is -2.43. The first-order chi connectivity index (χ1) is 10.3. The van der Waals surface area contributed by atoms with Gasteiger partial charge in [0.1, 0.15) is 0 Å². The lowest BCUT2D eigenvalue weighted by molar-refractivity contribution is -0.121. The van der Waals surface area contributed by atoms with Crippen LogP contribution < -0.4 is 10.6 Å². The first kappa shape index (κ1) is 15.3. The minimum absolute atomic E-state index is 0.184. The second kappa shape index (κ2) is 7.63. The molecule has 2 aliphatic rings. The average molecular weight is 326 g/mol. The number of carbonyl (C=O) groups excluding carboxylic acids is 1. The first-order valence-electron chi connectivity index (χ1n) is 7.66. The number of nitrogens with zero attached hydrogens (tertiary/aromatic N) is 1. The predicted molar refractivity (Wildman–Crippen MR) is 90.0 cm³/mol. The minimum Gasteiger partial charge on any atom is -0.355 e. The molecule has 0 saturated carbocycles. The zero-order chi connectivity index (χ0) is 14.5. The van der Waals surface area contributed by atoms with E-state index in [0.717, 1.165) is 50.7 Å². The number of rotatable bonds is 5. The van der Waals surface area contributed by atoms with Crippen LogP contribution in [0.2, 0.25) is 0 Å². The van der Waals surface area contributed by atoms with Crippen molar-refractivity contribution in [3.8, 4) is 0 Å². The summed E-state index contributed by atoms with van der Waals surface area (Å²) >= 11 is 3.81. The van der Waals surface area contributed by atoms with Gasteiger partial charge in [0.05, 0.1) is 0 Å². The lowest BCUT2D eigenvalue weighted by atomic mass is 10.1. The van der Waals surface area contributed by atoms with E-state index in [4.69, 9.17) is 0 Å². The van der Waals surface area contributed by atoms with Gasteiger partial charge in [-0.1, -0.05) is 0 Å². The number of thioether (sulfide) groups is 1. The van der Waals surface area contributed by atoms with Gasteiger partial charge in [0, 0.05) is 61.6 Å². The summed E-state index contributed by atoms with van der Waals surface area (Å²) in [5.74, 6) is 2.40. The van der Waals surface area contributed by atoms with Crippen molar-refractivity contribution in [3.63, 3.8) is 0 Å². The van der Waals surface area contributed by atoms with Crippen molar-refractivity contribution in [2.75, 3.05) is 37.7 Å². The van der Waals surface area contributed by atoms with Gasteiger partial charge in [0.2, 0.25) is 5.91 Å². The van der Waals surface area contributed by atoms with Gasteiger partial charge in [-0.05, 0) is 23.4 Å². The molecule has 1 fully saturated rings. The fourth-order valence-electron chi connectivity index (χ4n) is 2.90. The largest absolute Gasteiger partial charge is 0.355 e. The number of hydrogen-bond acceptors (Lipinski definition) is 5. The number of thiophene rings is 1. The Morgan fingerprint density at radius 1 is 1.52 bits per heavy atom. The molecule has 6 heteroatoms. The van der Waals surface area contributed by atoms with Crippen LogP contribution in [0, 0.1) is 0 Å². The maximum absolute atomic E-state index is 11.9. The van der Waals surface area contributed by atoms with Gasteiger partial charge in [0.15, 0.2) is 0 Å². The summed E-state index contributed by atoms with van der Waals surface area (Å²) in [5, 5.41) is 8.66. The fraction of sp³-hybridized carbons (Fsp3) is 0.667. The molecule has 0 radical (unpaired) electrons. The van der Waals surface area contributed by atoms with Gasteiger partial charge in [-0.15, -0.1) is 11.3 Å². The van der Waals surface area contributed by atoms with E-state index in [1.54, 1.807) is 0 Å². The maximum Gasteiger partial charge on any atom is 0.221 e. The monoisotopic (exact) mass is 325 g/mol. The standard InChI is InChI=1S/C15H23N3OS2/c19-15(9-13-11-20-8-4-16-13)17-3-6-18-5-1-14-12(10-18)2-7-21-14/h2,7,13,16H,1,3-6,8-11H2,(H,17,19). The number of carbonyl (C=O) groups is 1. The molecule has 21 heavy (non-hydrogen) atoms. The van der Waals surface area contributed by atoms with E-state index in [9.17, 15) is 4.79 Å². The molecular formula is C15H23N3OS2. The molecule has 1 amide bonds. The van der Waals surface area contributed by atoms with Crippen LogP contribution in [0.5, 0.6) is 0 Å². The Labute approximate surface area is 134 Å². The SMILES string of the molecule is O=C(CC1CSCCN1)NCCN1CCc2sccc2C1. The molecule has 1 aromatic rings. The topological polar surface area (TPSA) is 44.4 Å². The third kappa shape index (κ3) is 4.45. The summed E-state index contributed by atoms with van der Waals surface area (Å²) in [6, 6.07) is 2.59. The highest BCUT2D eigenvalue weighted by Crippen LogP contribution is 2.23. The summed E-state index contributed by atoms with van der Waals surface area (Å²) in [6.45, 7) is 4.89. The minimum atomic E-state index is 0.184. The molecule has 1 unspecified atom stereocenters. The molecule has 3 rings (SSSR count). The Balaban J connectivity index is 1.33. The Morgan fingerprint density at radius 3 is 3.33 bits per heavy atom. The van der Waals surface area contributed by atoms with E-state index in [1.165, 1.54) is 10.4 Å². The van der Waals surface area contributed by atoms with E-state index < -0.39 is 0 Å². The van der Waals surface area contributed by atoms with Gasteiger partial charge in [-0.3, -0.25) is 9.69 Å². The molecule has 3 heterocycles. The maximum atomic E-state index is 11.9. The van der Waals surface area contributed by atoms with Crippen molar-refractivity contribution in [2.45, 2.75) is 25.4 Å². The molecule has 2 aliphatic heterocycles. The smallest absolute Gasteiger partial charge is 0.221 e. The van der Waals surface area contributed by atoms with Crippen molar-refractivity contribution in [2.24, 2.45) is 0 Å². The molecule has 0 spiro atoms. The summed E-state index contributed by atoms with van der Waals surface area (Å²) in [4.78, 5) is 15.9. The van der Waals surface area contributed by atoms with E-state index in [0.29, 0.717) is 12.5 Å². The molecule has 0 aromatic carbocycles. The number of nitrogens with one attached hydrogen (secondary N) is 2. The summed E-state index contributed by atoms with van der Waals surface area (Å²) < 4.78 is 0. The van der Waals surface area contributed by atoms with Crippen LogP contribution in [0.25, 0.3) is 0 Å². The van der Waals surface area contributed by atoms with Crippen molar-refractivity contribution in [1.29, 1.82) is 0 Å². The van der Waals surface area contributed by atoms with E-state index in [1.807, 2.05) is 23.1 Å². The number of hydrogen-bond donors (Lipinski definition) is 2. The predicted octanol–water partition coefficient (Wildman–Crippen LogP) is 1.32. The molecule has 0 bridgehead atoms. The van der Waals surface area contributed by atoms with Crippen LogP contribution in [-0.4, -0.2) is 54.5 Å². The molecule has 1 atom stereocenters. The van der Waals surface area contributed by atoms with Gasteiger partial charge < -0.3 is 10.6 Å². The van der Waals surface area contributed by atoms with Gasteiger partial charge >= 0.3 is 0 Å². The zero-order valence-corrected chi connectivity index (χ0v) is 13.9. The Kier molecular flexibility index (Phi) is 5.57. The van der Waals surface area contributed by atoms with Crippen LogP contribution in [0.3, 0.4) is 0 Å². The van der Waals surface area contributed by atoms with E-state index in [2.05, 4.69) is 27.0 Å². The molecule has 1 saturated heterocycles. The van der Waals surface area contributed by atoms with Crippen molar-refractivity contribution < 1.29 is 4.79 Å². The second-order valence-corrected chi connectivity index (χ2v) is 7.83. The highest BCUT2D eigenvalue weighted by atomic mass is 32.2. The second-order valence-electron chi connectivity index (χ2n) is 5.68. The molecule has 1 aromatic heterocycles. The van der Waals surface area contributed by atoms with Crippen molar-refractivity contribution in [1.82, 2.24) is 15.5 Å². The fourth-order valence-corrected chi connectivity index (χ4v) is 4.74. The van der Waals surface area contributed by atoms with Crippen molar-refractivity contribution >= 4 is 29.0 Å². The summed E-state index contributed by atoms with van der Waals surface area (Å²) in [7, 11) is 0. The zero-order valence-electron chi connectivity index (χ0n) is 12.3. The van der Waals surface area contributed by atoms with Crippen molar-refractivity contribution in [3.05, 3.63) is 21.9 Å². The van der Waals surface area contributed by atoms with Gasteiger partial charge in [0.25, 0.3) is 0 Å². The molecule has 2 N–H and O–H groups in total. The quantitative estimate of drug-likeness (QED) is 0.857. The molecule has 4 nitrogen and oxygen atoms in total. The van der Waals surface area contributed by atoms with Crippen LogP contribution in [0.15, 0.2) is 11.4 Å². The summed E-state index contributed by atoms with van der Waals surface area (Å²) in [5.41, 5.74) is 1.47. The van der Waals surface area contributed by atoms with Gasteiger partial charge in [-0.25, -0.2) is 0 Å². The Bertz CT molecular complexity index is 471. The molecule has 0 aliphatic carbocycles. The lowest BCUT2D eigenvalue weighted by Gasteiger charge is -2.27. The van der Waals surface area contributed by atoms with Crippen LogP contribution in [-0.2, 0) is 17.8 Å². The molecular weight excluding hydrogens is 302 g/mol. The van der Waals surface area contributed by atoms with E-state index >= 15 is 0 Å². The first-order valence-corrected chi connectivity index (χ1v) is 9.70. The van der Waals surface area contributed by atoms with Gasteiger partial charge in [-0.2, -0.15) is 11.8 Å². The third-order valence-corrected chi connectivity index (χ3v) is 6.22.